The van der Waals surface area contributed by atoms with E-state index in [1.165, 1.54) is 0 Å². The van der Waals surface area contributed by atoms with Gasteiger partial charge in [-0.15, -0.1) is 5.10 Å². The van der Waals surface area contributed by atoms with Gasteiger partial charge in [0.15, 0.2) is 0 Å². The SMILES string of the molecule is Cc1ccc(NC2CCN(C(=O)C(C)n3ccnc3)CC2)nn1. The second-order valence-electron chi connectivity index (χ2n) is 5.99. The van der Waals surface area contributed by atoms with E-state index in [1.54, 1.807) is 12.5 Å². The minimum absolute atomic E-state index is 0.150. The van der Waals surface area contributed by atoms with E-state index in [9.17, 15) is 4.79 Å². The van der Waals surface area contributed by atoms with Gasteiger partial charge in [-0.1, -0.05) is 0 Å². The zero-order chi connectivity index (χ0) is 16.2. The number of amides is 1. The molecule has 2 aromatic rings. The van der Waals surface area contributed by atoms with Crippen molar-refractivity contribution in [1.29, 1.82) is 0 Å². The van der Waals surface area contributed by atoms with Crippen LogP contribution in [0.3, 0.4) is 0 Å². The van der Waals surface area contributed by atoms with Gasteiger partial charge in [0.05, 0.1) is 12.0 Å². The van der Waals surface area contributed by atoms with Crippen molar-refractivity contribution in [2.45, 2.75) is 38.8 Å². The van der Waals surface area contributed by atoms with Gasteiger partial charge in [-0.2, -0.15) is 5.10 Å². The van der Waals surface area contributed by atoms with E-state index < -0.39 is 0 Å². The third-order valence-corrected chi connectivity index (χ3v) is 4.29. The number of nitrogens with zero attached hydrogens (tertiary/aromatic N) is 5. The first-order valence-electron chi connectivity index (χ1n) is 7.96. The van der Waals surface area contributed by atoms with E-state index >= 15 is 0 Å². The van der Waals surface area contributed by atoms with Crippen molar-refractivity contribution in [2.24, 2.45) is 0 Å². The summed E-state index contributed by atoms with van der Waals surface area (Å²) in [4.78, 5) is 18.5. The maximum Gasteiger partial charge on any atom is 0.245 e. The Morgan fingerprint density at radius 1 is 1.30 bits per heavy atom. The lowest BCUT2D eigenvalue weighted by Gasteiger charge is -2.34. The summed E-state index contributed by atoms with van der Waals surface area (Å²) in [5, 5.41) is 11.6. The average molecular weight is 314 g/mol. The van der Waals surface area contributed by atoms with Crippen molar-refractivity contribution in [3.63, 3.8) is 0 Å². The molecule has 0 saturated carbocycles. The van der Waals surface area contributed by atoms with Gasteiger partial charge in [-0.25, -0.2) is 4.98 Å². The summed E-state index contributed by atoms with van der Waals surface area (Å²) in [6, 6.07) is 4.02. The first kappa shape index (κ1) is 15.5. The molecule has 0 aromatic carbocycles. The highest BCUT2D eigenvalue weighted by Crippen LogP contribution is 2.18. The predicted molar refractivity (Wildman–Crippen MR) is 86.9 cm³/mol. The van der Waals surface area contributed by atoms with Crippen LogP contribution in [-0.4, -0.2) is 49.7 Å². The molecule has 1 fully saturated rings. The normalized spacial score (nSPS) is 17.0. The molecule has 23 heavy (non-hydrogen) atoms. The highest BCUT2D eigenvalue weighted by atomic mass is 16.2. The molecule has 7 heteroatoms. The number of carbonyl (C=O) groups is 1. The summed E-state index contributed by atoms with van der Waals surface area (Å²) in [5.41, 5.74) is 0.907. The van der Waals surface area contributed by atoms with Crippen molar-refractivity contribution >= 4 is 11.7 Å². The second kappa shape index (κ2) is 6.76. The third-order valence-electron chi connectivity index (χ3n) is 4.29. The highest BCUT2D eigenvalue weighted by molar-refractivity contribution is 5.80. The number of hydrogen-bond acceptors (Lipinski definition) is 5. The summed E-state index contributed by atoms with van der Waals surface area (Å²) in [6.45, 7) is 5.35. The lowest BCUT2D eigenvalue weighted by atomic mass is 10.0. The minimum Gasteiger partial charge on any atom is -0.366 e. The Morgan fingerprint density at radius 3 is 2.70 bits per heavy atom. The van der Waals surface area contributed by atoms with Crippen LogP contribution >= 0.6 is 0 Å². The average Bonchev–Trinajstić information content (AvgIpc) is 3.11. The lowest BCUT2D eigenvalue weighted by molar-refractivity contribution is -0.135. The third kappa shape index (κ3) is 3.67. The molecule has 1 atom stereocenters. The van der Waals surface area contributed by atoms with Crippen molar-refractivity contribution in [3.8, 4) is 0 Å². The van der Waals surface area contributed by atoms with Crippen molar-refractivity contribution in [3.05, 3.63) is 36.5 Å². The summed E-state index contributed by atoms with van der Waals surface area (Å²) in [6.07, 6.45) is 7.04. The van der Waals surface area contributed by atoms with Gasteiger partial charge in [-0.05, 0) is 38.8 Å². The number of hydrogen-bond donors (Lipinski definition) is 1. The van der Waals surface area contributed by atoms with Gasteiger partial charge in [-0.3, -0.25) is 4.79 Å². The van der Waals surface area contributed by atoms with E-state index in [-0.39, 0.29) is 11.9 Å². The van der Waals surface area contributed by atoms with E-state index in [0.717, 1.165) is 37.4 Å². The maximum absolute atomic E-state index is 12.5. The summed E-state index contributed by atoms with van der Waals surface area (Å²) < 4.78 is 1.84. The van der Waals surface area contributed by atoms with Crippen LogP contribution in [0.1, 0.15) is 31.5 Å². The number of likely N-dealkylation sites (tertiary alicyclic amines) is 1. The molecule has 1 aliphatic heterocycles. The fourth-order valence-electron chi connectivity index (χ4n) is 2.82. The van der Waals surface area contributed by atoms with E-state index in [2.05, 4.69) is 20.5 Å². The number of aromatic nitrogens is 4. The Morgan fingerprint density at radius 2 is 2.09 bits per heavy atom. The van der Waals surface area contributed by atoms with Gasteiger partial charge in [0.2, 0.25) is 5.91 Å². The number of aryl methyl sites for hydroxylation is 1. The first-order chi connectivity index (χ1) is 11.1. The molecule has 0 spiro atoms. The number of nitrogens with one attached hydrogen (secondary N) is 1. The first-order valence-corrected chi connectivity index (χ1v) is 7.96. The zero-order valence-corrected chi connectivity index (χ0v) is 13.5. The van der Waals surface area contributed by atoms with E-state index in [4.69, 9.17) is 0 Å². The zero-order valence-electron chi connectivity index (χ0n) is 13.5. The fourth-order valence-corrected chi connectivity index (χ4v) is 2.82. The molecule has 2 aromatic heterocycles. The van der Waals surface area contributed by atoms with Crippen molar-refractivity contribution in [2.75, 3.05) is 18.4 Å². The van der Waals surface area contributed by atoms with Gasteiger partial charge in [0.25, 0.3) is 0 Å². The van der Waals surface area contributed by atoms with Gasteiger partial charge >= 0.3 is 0 Å². The molecule has 3 rings (SSSR count). The van der Waals surface area contributed by atoms with E-state index in [1.807, 2.05) is 41.6 Å². The fraction of sp³-hybridized carbons (Fsp3) is 0.500. The molecule has 1 unspecified atom stereocenters. The Balaban J connectivity index is 1.52. The smallest absolute Gasteiger partial charge is 0.245 e. The predicted octanol–water partition coefficient (Wildman–Crippen LogP) is 1.65. The van der Waals surface area contributed by atoms with Gasteiger partial charge in [0.1, 0.15) is 11.9 Å². The summed E-state index contributed by atoms with van der Waals surface area (Å²) in [5.74, 6) is 0.948. The second-order valence-corrected chi connectivity index (χ2v) is 5.99. The van der Waals surface area contributed by atoms with Crippen LogP contribution in [0.4, 0.5) is 5.82 Å². The van der Waals surface area contributed by atoms with Crippen LogP contribution in [0.15, 0.2) is 30.9 Å². The largest absolute Gasteiger partial charge is 0.366 e. The van der Waals surface area contributed by atoms with Crippen molar-refractivity contribution < 1.29 is 4.79 Å². The number of rotatable bonds is 4. The molecule has 1 aliphatic rings. The molecule has 0 radical (unpaired) electrons. The quantitative estimate of drug-likeness (QED) is 0.928. The molecule has 0 aliphatic carbocycles. The molecular weight excluding hydrogens is 292 g/mol. The van der Waals surface area contributed by atoms with Crippen LogP contribution in [0.2, 0.25) is 0 Å². The van der Waals surface area contributed by atoms with Crippen LogP contribution in [0.5, 0.6) is 0 Å². The number of imidazole rings is 1. The van der Waals surface area contributed by atoms with Crippen LogP contribution in [0.25, 0.3) is 0 Å². The Labute approximate surface area is 135 Å². The molecule has 1 N–H and O–H groups in total. The van der Waals surface area contributed by atoms with Crippen LogP contribution < -0.4 is 5.32 Å². The van der Waals surface area contributed by atoms with Gasteiger partial charge < -0.3 is 14.8 Å². The Kier molecular flexibility index (Phi) is 4.55. The monoisotopic (exact) mass is 314 g/mol. The van der Waals surface area contributed by atoms with Crippen LogP contribution in [-0.2, 0) is 4.79 Å². The maximum atomic E-state index is 12.5. The highest BCUT2D eigenvalue weighted by Gasteiger charge is 2.26. The molecule has 122 valence electrons. The van der Waals surface area contributed by atoms with Gasteiger partial charge in [0, 0.05) is 31.5 Å². The minimum atomic E-state index is -0.204. The van der Waals surface area contributed by atoms with Crippen molar-refractivity contribution in [1.82, 2.24) is 24.6 Å². The Bertz CT molecular complexity index is 631. The molecular formula is C16H22N6O. The number of carbonyl (C=O) groups excluding carboxylic acids is 1. The molecule has 0 bridgehead atoms. The summed E-state index contributed by atoms with van der Waals surface area (Å²) in [7, 11) is 0. The number of piperidine rings is 1. The molecule has 1 amide bonds. The number of anilines is 1. The standard InChI is InChI=1S/C16H22N6O/c1-12-3-4-15(20-19-12)18-14-5-8-21(9-6-14)16(23)13(2)22-10-7-17-11-22/h3-4,7,10-11,13-14H,5-6,8-9H2,1-2H3,(H,18,20). The van der Waals surface area contributed by atoms with Crippen LogP contribution in [0, 0.1) is 6.92 Å². The molecule has 3 heterocycles. The summed E-state index contributed by atoms with van der Waals surface area (Å²) >= 11 is 0. The Hall–Kier alpha value is -2.44. The van der Waals surface area contributed by atoms with E-state index in [0.29, 0.717) is 6.04 Å². The molecule has 7 nitrogen and oxygen atoms in total. The topological polar surface area (TPSA) is 75.9 Å². The lowest BCUT2D eigenvalue weighted by Crippen LogP contribution is -2.44. The molecule has 1 saturated heterocycles.